The van der Waals surface area contributed by atoms with Gasteiger partial charge in [0.25, 0.3) is 0 Å². The molecule has 0 spiro atoms. The molecule has 3 aliphatic heterocycles. The smallest absolute Gasteiger partial charge is 0.246 e. The van der Waals surface area contributed by atoms with Crippen LogP contribution >= 0.6 is 11.3 Å². The molecule has 6 aromatic rings. The predicted octanol–water partition coefficient (Wildman–Crippen LogP) is 7.26. The number of nitrogen functional groups attached to an aromatic ring is 1. The molecule has 3 aromatic carbocycles. The molecule has 3 saturated heterocycles. The van der Waals surface area contributed by atoms with Crippen LogP contribution in [0.4, 0.5) is 17.5 Å². The van der Waals surface area contributed by atoms with Crippen LogP contribution in [-0.4, -0.2) is 108 Å². The minimum atomic E-state index is -0.876. The first-order chi connectivity index (χ1) is 34.7. The molecule has 16 nitrogen and oxygen atoms in total. The van der Waals surface area contributed by atoms with Crippen LogP contribution in [0.1, 0.15) is 88.5 Å². The van der Waals surface area contributed by atoms with Gasteiger partial charge in [-0.25, -0.2) is 15.0 Å². The van der Waals surface area contributed by atoms with E-state index in [0.29, 0.717) is 35.8 Å². The van der Waals surface area contributed by atoms with Gasteiger partial charge in [0.1, 0.15) is 17.8 Å². The lowest BCUT2D eigenvalue weighted by Gasteiger charge is -2.42. The summed E-state index contributed by atoms with van der Waals surface area (Å²) < 4.78 is 0. The maximum absolute atomic E-state index is 14.3. The number of fused-ring (bicyclic) bond motifs is 2. The van der Waals surface area contributed by atoms with Gasteiger partial charge < -0.3 is 41.3 Å². The van der Waals surface area contributed by atoms with Gasteiger partial charge in [0.15, 0.2) is 5.82 Å². The Kier molecular flexibility index (Phi) is 13.7. The molecule has 10 rings (SSSR count). The first-order valence-corrected chi connectivity index (χ1v) is 26.0. The number of thiazole rings is 1. The molecule has 5 atom stereocenters. The van der Waals surface area contributed by atoms with Gasteiger partial charge in [0.2, 0.25) is 23.7 Å². The van der Waals surface area contributed by atoms with Crippen molar-refractivity contribution in [2.45, 2.75) is 115 Å². The van der Waals surface area contributed by atoms with Crippen molar-refractivity contribution in [2.24, 2.45) is 11.3 Å². The van der Waals surface area contributed by atoms with Crippen LogP contribution in [-0.2, 0) is 20.9 Å². The van der Waals surface area contributed by atoms with Crippen LogP contribution < -0.4 is 26.2 Å². The molecule has 4 fully saturated rings. The lowest BCUT2D eigenvalue weighted by atomic mass is 9.77. The van der Waals surface area contributed by atoms with Gasteiger partial charge in [-0.1, -0.05) is 81.4 Å². The number of para-hydroxylation sites is 1. The van der Waals surface area contributed by atoms with E-state index in [2.05, 4.69) is 59.9 Å². The first kappa shape index (κ1) is 48.6. The summed E-state index contributed by atoms with van der Waals surface area (Å²) in [4.78, 5) is 63.1. The van der Waals surface area contributed by atoms with Gasteiger partial charge in [0, 0.05) is 74.1 Å². The lowest BCUT2D eigenvalue weighted by molar-refractivity contribution is -0.144. The topological polar surface area (TPSA) is 216 Å². The Morgan fingerprint density at radius 2 is 1.50 bits per heavy atom. The van der Waals surface area contributed by atoms with Crippen molar-refractivity contribution in [1.29, 1.82) is 0 Å². The summed E-state index contributed by atoms with van der Waals surface area (Å²) in [6, 6.07) is 24.2. The summed E-state index contributed by atoms with van der Waals surface area (Å²) in [5.74, 6) is 0.448. The molecule has 2 bridgehead atoms. The van der Waals surface area contributed by atoms with Gasteiger partial charge in [-0.15, -0.1) is 21.5 Å². The number of phenolic OH excluding ortho intramolecular Hbond substituents is 1. The highest BCUT2D eigenvalue weighted by atomic mass is 32.1. The average Bonchev–Trinajstić information content (AvgIpc) is 4.08. The highest BCUT2D eigenvalue weighted by molar-refractivity contribution is 7.13. The highest BCUT2D eigenvalue weighted by Crippen LogP contribution is 2.40. The fourth-order valence-electron chi connectivity index (χ4n) is 11.2. The molecule has 6 N–H and O–H groups in total. The second-order valence-corrected chi connectivity index (χ2v) is 21.9. The summed E-state index contributed by atoms with van der Waals surface area (Å²) in [5.41, 5.74) is 15.7. The fourth-order valence-corrected chi connectivity index (χ4v) is 12.0. The number of nitrogens with zero attached hydrogens (tertiary/aromatic N) is 8. The molecule has 1 saturated carbocycles. The fraction of sp³-hybridized carbons (Fsp3) is 0.418. The van der Waals surface area contributed by atoms with Crippen LogP contribution in [0.5, 0.6) is 5.75 Å². The summed E-state index contributed by atoms with van der Waals surface area (Å²) in [7, 11) is 0. The number of hydrogen-bond acceptors (Lipinski definition) is 14. The molecule has 72 heavy (non-hydrogen) atoms. The van der Waals surface area contributed by atoms with Crippen molar-refractivity contribution in [1.82, 2.24) is 40.7 Å². The molecule has 4 aliphatic rings. The molecule has 374 valence electrons. The number of anilines is 3. The van der Waals surface area contributed by atoms with E-state index >= 15 is 0 Å². The summed E-state index contributed by atoms with van der Waals surface area (Å²) >= 11 is 1.59. The van der Waals surface area contributed by atoms with Crippen LogP contribution in [0, 0.1) is 18.3 Å². The minimum Gasteiger partial charge on any atom is -0.507 e. The molecule has 3 aromatic heterocycles. The van der Waals surface area contributed by atoms with Gasteiger partial charge in [-0.05, 0) is 97.2 Å². The third-order valence-electron chi connectivity index (χ3n) is 15.2. The molecular weight excluding hydrogens is 927 g/mol. The van der Waals surface area contributed by atoms with Gasteiger partial charge in [-0.3, -0.25) is 14.4 Å². The van der Waals surface area contributed by atoms with E-state index in [4.69, 9.17) is 15.7 Å². The van der Waals surface area contributed by atoms with Crippen molar-refractivity contribution in [3.05, 3.63) is 114 Å². The maximum atomic E-state index is 14.3. The van der Waals surface area contributed by atoms with Crippen molar-refractivity contribution in [3.8, 4) is 38.6 Å². The van der Waals surface area contributed by atoms with E-state index in [-0.39, 0.29) is 61.0 Å². The molecule has 17 heteroatoms. The predicted molar refractivity (Wildman–Crippen MR) is 279 cm³/mol. The zero-order chi connectivity index (χ0) is 50.3. The van der Waals surface area contributed by atoms with Crippen LogP contribution in [0.2, 0.25) is 0 Å². The Bertz CT molecular complexity index is 2900. The van der Waals surface area contributed by atoms with Gasteiger partial charge >= 0.3 is 0 Å². The molecule has 1 aliphatic carbocycles. The number of hydrogen-bond donors (Lipinski definition) is 5. The lowest BCUT2D eigenvalue weighted by Crippen LogP contribution is -2.58. The number of aryl methyl sites for hydroxylation is 1. The Hall–Kier alpha value is -6.98. The van der Waals surface area contributed by atoms with E-state index < -0.39 is 23.6 Å². The number of piperazine rings is 1. The number of aliphatic hydroxyl groups excluding tert-OH is 1. The normalized spacial score (nSPS) is 22.4. The standard InChI is InChI=1S/C55H63N11O5S/c1-32-48(72-31-60-32)37-11-9-33(10-12-37)25-57-52(70)46-23-42(67)30-65(46)53(71)49(55(2,3)4)61-51(69)38-19-17-35(18-20-38)34-13-15-36(16-14-34)39-26-58-54(59-27-39)66-40-21-22-41(66)29-64(28-40)45-24-44(62-63-50(45)56)43-7-5-6-8-47(43)68/h5-16,24,26-27,31,35,38,40-42,46,49,67-68H,17-23,25,28-30H2,1-4H3,(H2,56,63)(H,57,70)(H,61,69)/t35?,38?,40?,41?,42-,46+,49-/m1/s1. The zero-order valence-electron chi connectivity index (χ0n) is 41.2. The molecular formula is C55H63N11O5S. The Labute approximate surface area is 424 Å². The van der Waals surface area contributed by atoms with Gasteiger partial charge in [-0.2, -0.15) is 0 Å². The maximum Gasteiger partial charge on any atom is 0.246 e. The summed E-state index contributed by atoms with van der Waals surface area (Å²) in [5, 5.41) is 35.8. The molecule has 3 amide bonds. The Morgan fingerprint density at radius 1 is 0.819 bits per heavy atom. The number of phenols is 1. The van der Waals surface area contributed by atoms with E-state index in [1.165, 1.54) is 10.5 Å². The van der Waals surface area contributed by atoms with Crippen LogP contribution in [0.25, 0.3) is 32.8 Å². The largest absolute Gasteiger partial charge is 0.507 e. The van der Waals surface area contributed by atoms with Crippen molar-refractivity contribution in [2.75, 3.05) is 35.2 Å². The number of carbonyl (C=O) groups excluding carboxylic acids is 3. The SMILES string of the molecule is Cc1ncsc1-c1ccc(CNC(=O)[C@@H]2C[C@@H](O)CN2C(=O)[C@@H](NC(=O)C2CCC(c3ccc(-c4cnc(N5C6CCC5CN(c5cc(-c7ccccc7O)nnc5N)C6)nc4)cc3)CC2)C(C)(C)C)cc1. The molecule has 2 unspecified atom stereocenters. The third-order valence-corrected chi connectivity index (χ3v) is 16.2. The molecule has 6 heterocycles. The number of aromatic hydroxyl groups is 1. The van der Waals surface area contributed by atoms with Crippen molar-refractivity contribution >= 4 is 46.5 Å². The average molecular weight is 990 g/mol. The molecule has 0 radical (unpaired) electrons. The minimum absolute atomic E-state index is 0.0254. The van der Waals surface area contributed by atoms with E-state index in [1.807, 2.05) is 88.1 Å². The number of β-amino-alcohol motifs (C(OH)–C–C–N with tert-alkyl or cyclic N) is 1. The van der Waals surface area contributed by atoms with E-state index in [1.54, 1.807) is 23.5 Å². The summed E-state index contributed by atoms with van der Waals surface area (Å²) in [6.45, 7) is 9.50. The van der Waals surface area contributed by atoms with Gasteiger partial charge in [0.05, 0.1) is 33.6 Å². The quantitative estimate of drug-likeness (QED) is 0.0817. The zero-order valence-corrected chi connectivity index (χ0v) is 42.1. The van der Waals surface area contributed by atoms with E-state index in [0.717, 1.165) is 83.2 Å². The monoisotopic (exact) mass is 989 g/mol. The second-order valence-electron chi connectivity index (χ2n) is 21.0. The van der Waals surface area contributed by atoms with Crippen molar-refractivity contribution < 1.29 is 24.6 Å². The highest BCUT2D eigenvalue weighted by Gasteiger charge is 2.46. The number of carbonyl (C=O) groups is 3. The number of amides is 3. The number of benzene rings is 3. The van der Waals surface area contributed by atoms with Crippen LogP contribution in [0.15, 0.2) is 96.8 Å². The Balaban J connectivity index is 0.716. The number of likely N-dealkylation sites (tertiary alicyclic amines) is 1. The number of nitrogens with two attached hydrogens (primary N) is 1. The third kappa shape index (κ3) is 10.1. The van der Waals surface area contributed by atoms with E-state index in [9.17, 15) is 24.6 Å². The summed E-state index contributed by atoms with van der Waals surface area (Å²) in [6.07, 6.45) is 8.19. The second kappa shape index (κ2) is 20.3. The number of nitrogens with one attached hydrogen (secondary N) is 2. The number of aliphatic hydroxyl groups is 1. The van der Waals surface area contributed by atoms with Crippen LogP contribution in [0.3, 0.4) is 0 Å². The number of rotatable bonds is 12. The first-order valence-electron chi connectivity index (χ1n) is 25.1. The van der Waals surface area contributed by atoms with Crippen molar-refractivity contribution in [3.63, 3.8) is 0 Å². The Morgan fingerprint density at radius 3 is 2.15 bits per heavy atom. The number of aromatic nitrogens is 5.